The van der Waals surface area contributed by atoms with Crippen LogP contribution in [0.25, 0.3) is 11.3 Å². The first-order valence-electron chi connectivity index (χ1n) is 5.64. The number of furan rings is 1. The molecule has 0 amide bonds. The lowest BCUT2D eigenvalue weighted by Gasteiger charge is -2.00. The SMILES string of the molecule is Clc1ccccc1-c1ccc(CNc2nn[nH]n2)o1. The number of benzene rings is 1. The van der Waals surface area contributed by atoms with Crippen LogP contribution in [0.5, 0.6) is 0 Å². The molecule has 0 bridgehead atoms. The molecule has 19 heavy (non-hydrogen) atoms. The zero-order valence-electron chi connectivity index (χ0n) is 9.80. The summed E-state index contributed by atoms with van der Waals surface area (Å²) >= 11 is 6.12. The minimum Gasteiger partial charge on any atom is -0.459 e. The molecule has 2 N–H and O–H groups in total. The monoisotopic (exact) mass is 275 g/mol. The maximum atomic E-state index is 6.12. The predicted molar refractivity (Wildman–Crippen MR) is 70.7 cm³/mol. The van der Waals surface area contributed by atoms with E-state index in [0.717, 1.165) is 17.1 Å². The summed E-state index contributed by atoms with van der Waals surface area (Å²) in [6.07, 6.45) is 0. The van der Waals surface area contributed by atoms with Gasteiger partial charge in [0.2, 0.25) is 0 Å². The Bertz CT molecular complexity index is 664. The second-order valence-corrected chi connectivity index (χ2v) is 4.24. The Hall–Kier alpha value is -2.34. The summed E-state index contributed by atoms with van der Waals surface area (Å²) in [4.78, 5) is 0. The highest BCUT2D eigenvalue weighted by Crippen LogP contribution is 2.29. The quantitative estimate of drug-likeness (QED) is 0.765. The Balaban J connectivity index is 1.75. The van der Waals surface area contributed by atoms with Gasteiger partial charge in [0.25, 0.3) is 5.95 Å². The molecule has 3 aromatic rings. The lowest BCUT2D eigenvalue weighted by Crippen LogP contribution is -1.99. The van der Waals surface area contributed by atoms with Crippen LogP contribution >= 0.6 is 11.6 Å². The topological polar surface area (TPSA) is 79.6 Å². The number of halogens is 1. The summed E-state index contributed by atoms with van der Waals surface area (Å²) in [6.45, 7) is 0.476. The van der Waals surface area contributed by atoms with Gasteiger partial charge in [0.1, 0.15) is 11.5 Å². The second-order valence-electron chi connectivity index (χ2n) is 3.83. The van der Waals surface area contributed by atoms with Crippen molar-refractivity contribution in [1.82, 2.24) is 20.6 Å². The summed E-state index contributed by atoms with van der Waals surface area (Å²) in [5.74, 6) is 1.92. The van der Waals surface area contributed by atoms with E-state index in [1.807, 2.05) is 36.4 Å². The van der Waals surface area contributed by atoms with Crippen LogP contribution in [-0.2, 0) is 6.54 Å². The van der Waals surface area contributed by atoms with Crippen LogP contribution < -0.4 is 5.32 Å². The highest BCUT2D eigenvalue weighted by molar-refractivity contribution is 6.33. The molecule has 0 aliphatic heterocycles. The number of H-pyrrole nitrogens is 1. The summed E-state index contributed by atoms with van der Waals surface area (Å²) in [5, 5.41) is 17.0. The van der Waals surface area contributed by atoms with Crippen molar-refractivity contribution in [2.24, 2.45) is 0 Å². The van der Waals surface area contributed by atoms with Crippen LogP contribution in [0.4, 0.5) is 5.95 Å². The van der Waals surface area contributed by atoms with Crippen molar-refractivity contribution in [2.75, 3.05) is 5.32 Å². The van der Waals surface area contributed by atoms with Gasteiger partial charge in [-0.15, -0.1) is 5.10 Å². The van der Waals surface area contributed by atoms with E-state index < -0.39 is 0 Å². The maximum Gasteiger partial charge on any atom is 0.263 e. The molecule has 0 saturated carbocycles. The third-order valence-corrected chi connectivity index (χ3v) is 2.90. The van der Waals surface area contributed by atoms with E-state index in [-0.39, 0.29) is 0 Å². The number of aromatic nitrogens is 4. The molecule has 0 spiro atoms. The van der Waals surface area contributed by atoms with Crippen LogP contribution in [0.3, 0.4) is 0 Å². The zero-order valence-corrected chi connectivity index (χ0v) is 10.6. The Morgan fingerprint density at radius 3 is 2.89 bits per heavy atom. The van der Waals surface area contributed by atoms with Gasteiger partial charge in [-0.05, 0) is 29.5 Å². The Morgan fingerprint density at radius 2 is 2.11 bits per heavy atom. The summed E-state index contributed by atoms with van der Waals surface area (Å²) in [6, 6.07) is 11.3. The molecule has 2 aromatic heterocycles. The normalized spacial score (nSPS) is 10.6. The van der Waals surface area contributed by atoms with E-state index >= 15 is 0 Å². The maximum absolute atomic E-state index is 6.12. The average molecular weight is 276 g/mol. The number of anilines is 1. The molecule has 0 unspecified atom stereocenters. The first-order valence-corrected chi connectivity index (χ1v) is 6.01. The van der Waals surface area contributed by atoms with Crippen LogP contribution in [0.2, 0.25) is 5.02 Å². The molecule has 0 radical (unpaired) electrons. The van der Waals surface area contributed by atoms with Gasteiger partial charge in [0, 0.05) is 5.56 Å². The van der Waals surface area contributed by atoms with Crippen LogP contribution in [0, 0.1) is 0 Å². The van der Waals surface area contributed by atoms with E-state index in [1.165, 1.54) is 0 Å². The molecule has 7 heteroatoms. The van der Waals surface area contributed by atoms with Gasteiger partial charge >= 0.3 is 0 Å². The number of rotatable bonds is 4. The van der Waals surface area contributed by atoms with E-state index in [1.54, 1.807) is 0 Å². The van der Waals surface area contributed by atoms with Crippen molar-refractivity contribution >= 4 is 17.5 Å². The fourth-order valence-corrected chi connectivity index (χ4v) is 1.91. The Kier molecular flexibility index (Phi) is 3.16. The van der Waals surface area contributed by atoms with Gasteiger partial charge in [0.05, 0.1) is 11.6 Å². The molecule has 6 nitrogen and oxygen atoms in total. The lowest BCUT2D eigenvalue weighted by molar-refractivity contribution is 0.531. The Morgan fingerprint density at radius 1 is 1.21 bits per heavy atom. The van der Waals surface area contributed by atoms with Crippen molar-refractivity contribution in [3.63, 3.8) is 0 Å². The predicted octanol–water partition coefficient (Wildman–Crippen LogP) is 2.73. The van der Waals surface area contributed by atoms with Gasteiger partial charge in [0.15, 0.2) is 0 Å². The molecule has 1 aromatic carbocycles. The molecule has 0 fully saturated rings. The van der Waals surface area contributed by atoms with Crippen LogP contribution in [0.1, 0.15) is 5.76 Å². The van der Waals surface area contributed by atoms with Crippen molar-refractivity contribution < 1.29 is 4.42 Å². The van der Waals surface area contributed by atoms with Gasteiger partial charge in [-0.3, -0.25) is 0 Å². The fraction of sp³-hybridized carbons (Fsp3) is 0.0833. The minimum absolute atomic E-state index is 0.427. The van der Waals surface area contributed by atoms with Gasteiger partial charge in [-0.2, -0.15) is 5.21 Å². The first kappa shape index (κ1) is 11.7. The summed E-state index contributed by atoms with van der Waals surface area (Å²) in [5.41, 5.74) is 0.870. The molecule has 0 saturated heterocycles. The third kappa shape index (κ3) is 2.58. The van der Waals surface area contributed by atoms with Crippen molar-refractivity contribution in [1.29, 1.82) is 0 Å². The van der Waals surface area contributed by atoms with E-state index in [9.17, 15) is 0 Å². The number of tetrazole rings is 1. The van der Waals surface area contributed by atoms with Gasteiger partial charge in [-0.25, -0.2) is 0 Å². The second kappa shape index (κ2) is 5.11. The fourth-order valence-electron chi connectivity index (χ4n) is 1.68. The summed E-state index contributed by atoms with van der Waals surface area (Å²) < 4.78 is 5.72. The van der Waals surface area contributed by atoms with E-state index in [2.05, 4.69) is 25.9 Å². The molecule has 3 rings (SSSR count). The van der Waals surface area contributed by atoms with Crippen LogP contribution in [0.15, 0.2) is 40.8 Å². The van der Waals surface area contributed by atoms with E-state index in [4.69, 9.17) is 16.0 Å². The Labute approximate surface area is 113 Å². The molecular weight excluding hydrogens is 266 g/mol. The third-order valence-electron chi connectivity index (χ3n) is 2.57. The number of nitrogens with zero attached hydrogens (tertiary/aromatic N) is 3. The van der Waals surface area contributed by atoms with Crippen molar-refractivity contribution in [3.8, 4) is 11.3 Å². The van der Waals surface area contributed by atoms with Crippen molar-refractivity contribution in [3.05, 3.63) is 47.2 Å². The number of hydrogen-bond donors (Lipinski definition) is 2. The molecule has 96 valence electrons. The van der Waals surface area contributed by atoms with E-state index in [0.29, 0.717) is 17.5 Å². The van der Waals surface area contributed by atoms with Gasteiger partial charge < -0.3 is 9.73 Å². The highest BCUT2D eigenvalue weighted by Gasteiger charge is 2.08. The van der Waals surface area contributed by atoms with Crippen molar-refractivity contribution in [2.45, 2.75) is 6.54 Å². The van der Waals surface area contributed by atoms with Gasteiger partial charge in [-0.1, -0.05) is 28.8 Å². The number of hydrogen-bond acceptors (Lipinski definition) is 5. The zero-order chi connectivity index (χ0) is 13.1. The molecule has 2 heterocycles. The summed E-state index contributed by atoms with van der Waals surface area (Å²) in [7, 11) is 0. The van der Waals surface area contributed by atoms with Crippen LogP contribution in [-0.4, -0.2) is 20.6 Å². The first-order chi connectivity index (χ1) is 9.33. The largest absolute Gasteiger partial charge is 0.459 e. The molecule has 0 aliphatic rings. The average Bonchev–Trinajstić information content (AvgIpc) is 3.08. The minimum atomic E-state index is 0.427. The number of aromatic amines is 1. The lowest BCUT2D eigenvalue weighted by atomic mass is 10.2. The molecular formula is C12H10ClN5O. The highest BCUT2D eigenvalue weighted by atomic mass is 35.5. The number of nitrogens with one attached hydrogen (secondary N) is 2. The standard InChI is InChI=1S/C12H10ClN5O/c13-10-4-2-1-3-9(10)11-6-5-8(19-11)7-14-12-15-17-18-16-12/h1-6H,7H2,(H2,14,15,16,17,18). The molecule has 0 aliphatic carbocycles. The molecule has 0 atom stereocenters. The smallest absolute Gasteiger partial charge is 0.263 e.